The maximum Gasteiger partial charge on any atom is 0.243 e. The Bertz CT molecular complexity index is 1790. The zero-order valence-electron chi connectivity index (χ0n) is 29.6. The van der Waals surface area contributed by atoms with Gasteiger partial charge in [-0.2, -0.15) is 0 Å². The molecule has 4 atom stereocenters. The molecule has 0 bridgehead atoms. The van der Waals surface area contributed by atoms with Crippen LogP contribution in [0.15, 0.2) is 82.8 Å². The average Bonchev–Trinajstić information content (AvgIpc) is 3.14. The molecule has 1 fully saturated rings. The first-order chi connectivity index (χ1) is 25.5. The van der Waals surface area contributed by atoms with E-state index in [0.29, 0.717) is 19.3 Å². The number of nitrogens with two attached hydrogens (primary N) is 4. The zero-order valence-corrected chi connectivity index (χ0v) is 29.6. The Balaban J connectivity index is 1.66. The molecule has 4 rings (SSSR count). The van der Waals surface area contributed by atoms with Gasteiger partial charge < -0.3 is 49.5 Å². The molecule has 282 valence electrons. The summed E-state index contributed by atoms with van der Waals surface area (Å²) in [6, 6.07) is 18.4. The summed E-state index contributed by atoms with van der Waals surface area (Å²) in [6.45, 7) is -0.0912. The van der Waals surface area contributed by atoms with Crippen molar-refractivity contribution in [3.63, 3.8) is 0 Å². The molecule has 5 amide bonds. The number of carbonyl (C=O) groups excluding carboxylic acids is 5. The van der Waals surface area contributed by atoms with Crippen LogP contribution in [0.1, 0.15) is 43.2 Å². The number of aryl methyl sites for hydroxylation is 1. The Morgan fingerprint density at radius 3 is 1.70 bits per heavy atom. The van der Waals surface area contributed by atoms with Gasteiger partial charge in [-0.15, -0.1) is 0 Å². The Hall–Kier alpha value is -6.19. The summed E-state index contributed by atoms with van der Waals surface area (Å²) in [5.41, 5.74) is 23.6. The average molecular weight is 728 g/mol. The van der Waals surface area contributed by atoms with Gasteiger partial charge in [0, 0.05) is 19.5 Å². The first kappa shape index (κ1) is 39.6. The Morgan fingerprint density at radius 1 is 0.566 bits per heavy atom. The molecule has 53 heavy (non-hydrogen) atoms. The van der Waals surface area contributed by atoms with Gasteiger partial charge in [0.25, 0.3) is 0 Å². The second-order valence-corrected chi connectivity index (χ2v) is 12.8. The highest BCUT2D eigenvalue weighted by atomic mass is 16.2. The maximum atomic E-state index is 14.0. The summed E-state index contributed by atoms with van der Waals surface area (Å²) in [4.78, 5) is 76.5. The lowest BCUT2D eigenvalue weighted by Crippen LogP contribution is -2.57. The van der Waals surface area contributed by atoms with Crippen LogP contribution in [-0.4, -0.2) is 85.3 Å². The van der Waals surface area contributed by atoms with E-state index in [1.54, 1.807) is 0 Å². The van der Waals surface area contributed by atoms with Gasteiger partial charge in [0.15, 0.2) is 11.9 Å². The molecule has 16 nitrogen and oxygen atoms in total. The van der Waals surface area contributed by atoms with Crippen molar-refractivity contribution < 1.29 is 24.0 Å². The SMILES string of the molecule is NC(N)=NCCC[C@@H]1NC(=O)CNC(=O)[C@H](Cc2ccc3ccccc3c2)NC(=O)[C@H](CCCN=C(N)N)NC(=O)[C@@H](CCc2ccccc2)NC1=O. The number of benzene rings is 3. The van der Waals surface area contributed by atoms with E-state index in [-0.39, 0.29) is 50.7 Å². The van der Waals surface area contributed by atoms with Crippen molar-refractivity contribution in [2.24, 2.45) is 32.9 Å². The smallest absolute Gasteiger partial charge is 0.243 e. The number of guanidine groups is 2. The maximum absolute atomic E-state index is 14.0. The van der Waals surface area contributed by atoms with Crippen LogP contribution >= 0.6 is 0 Å². The molecule has 1 aliphatic heterocycles. The summed E-state index contributed by atoms with van der Waals surface area (Å²) >= 11 is 0. The van der Waals surface area contributed by atoms with Gasteiger partial charge in [0.2, 0.25) is 29.5 Å². The molecular formula is C37H49N11O5. The highest BCUT2D eigenvalue weighted by molar-refractivity contribution is 5.97. The number of aliphatic imine (C=N–C) groups is 2. The molecule has 3 aromatic rings. The van der Waals surface area contributed by atoms with Crippen molar-refractivity contribution in [2.45, 2.75) is 69.1 Å². The minimum absolute atomic E-state index is 0.0891. The lowest BCUT2D eigenvalue weighted by molar-refractivity contribution is -0.134. The van der Waals surface area contributed by atoms with Crippen LogP contribution in [-0.2, 0) is 36.8 Å². The monoisotopic (exact) mass is 727 g/mol. The Kier molecular flexibility index (Phi) is 14.9. The number of hydrogen-bond donors (Lipinski definition) is 9. The quantitative estimate of drug-likeness (QED) is 0.0604. The second kappa shape index (κ2) is 20.0. The predicted molar refractivity (Wildman–Crippen MR) is 203 cm³/mol. The number of rotatable bonds is 13. The molecule has 3 aromatic carbocycles. The van der Waals surface area contributed by atoms with Crippen molar-refractivity contribution in [1.29, 1.82) is 0 Å². The fraction of sp³-hybridized carbons (Fsp3) is 0.378. The number of carbonyl (C=O) groups is 5. The molecule has 0 unspecified atom stereocenters. The van der Waals surface area contributed by atoms with Crippen LogP contribution in [0.4, 0.5) is 0 Å². The normalized spacial score (nSPS) is 20.0. The first-order valence-corrected chi connectivity index (χ1v) is 17.6. The van der Waals surface area contributed by atoms with Gasteiger partial charge in [-0.1, -0.05) is 72.8 Å². The molecule has 13 N–H and O–H groups in total. The van der Waals surface area contributed by atoms with Crippen LogP contribution in [0, 0.1) is 0 Å². The third kappa shape index (κ3) is 13.1. The second-order valence-electron chi connectivity index (χ2n) is 12.8. The molecule has 0 aromatic heterocycles. The fourth-order valence-electron chi connectivity index (χ4n) is 5.93. The summed E-state index contributed by atoms with van der Waals surface area (Å²) in [7, 11) is 0. The van der Waals surface area contributed by atoms with E-state index in [1.807, 2.05) is 72.8 Å². The third-order valence-corrected chi connectivity index (χ3v) is 8.68. The summed E-state index contributed by atoms with van der Waals surface area (Å²) in [5.74, 6) is -3.38. The largest absolute Gasteiger partial charge is 0.370 e. The van der Waals surface area contributed by atoms with E-state index in [2.05, 4.69) is 36.6 Å². The summed E-state index contributed by atoms with van der Waals surface area (Å²) in [6.07, 6.45) is 1.59. The van der Waals surface area contributed by atoms with Crippen molar-refractivity contribution in [3.8, 4) is 0 Å². The van der Waals surface area contributed by atoms with Crippen LogP contribution in [0.5, 0.6) is 0 Å². The van der Waals surface area contributed by atoms with Gasteiger partial charge in [0.05, 0.1) is 6.54 Å². The van der Waals surface area contributed by atoms with Crippen LogP contribution in [0.3, 0.4) is 0 Å². The van der Waals surface area contributed by atoms with Gasteiger partial charge in [-0.05, 0) is 60.4 Å². The van der Waals surface area contributed by atoms with E-state index >= 15 is 0 Å². The van der Waals surface area contributed by atoms with E-state index < -0.39 is 60.2 Å². The van der Waals surface area contributed by atoms with E-state index in [9.17, 15) is 24.0 Å². The highest BCUT2D eigenvalue weighted by Crippen LogP contribution is 2.17. The van der Waals surface area contributed by atoms with Crippen LogP contribution in [0.2, 0.25) is 0 Å². The minimum atomic E-state index is -1.13. The Labute approximate surface area is 308 Å². The van der Waals surface area contributed by atoms with Gasteiger partial charge in [-0.3, -0.25) is 34.0 Å². The van der Waals surface area contributed by atoms with Crippen molar-refractivity contribution in [2.75, 3.05) is 19.6 Å². The Morgan fingerprint density at radius 2 is 1.09 bits per heavy atom. The van der Waals surface area contributed by atoms with Crippen molar-refractivity contribution in [1.82, 2.24) is 26.6 Å². The van der Waals surface area contributed by atoms with Crippen molar-refractivity contribution >= 4 is 52.2 Å². The predicted octanol–water partition coefficient (Wildman–Crippen LogP) is -0.809. The molecule has 0 aliphatic carbocycles. The molecule has 0 spiro atoms. The molecule has 1 heterocycles. The van der Waals surface area contributed by atoms with Crippen LogP contribution < -0.4 is 49.5 Å². The fourth-order valence-corrected chi connectivity index (χ4v) is 5.93. The van der Waals surface area contributed by atoms with E-state index in [4.69, 9.17) is 22.9 Å². The van der Waals surface area contributed by atoms with E-state index in [0.717, 1.165) is 21.9 Å². The minimum Gasteiger partial charge on any atom is -0.370 e. The summed E-state index contributed by atoms with van der Waals surface area (Å²) < 4.78 is 0. The standard InChI is InChI=1S/C37H49N11O5/c38-36(39)42-18-6-12-27-33(51)47-29(17-15-23-8-2-1-3-9-23)35(53)46-28(13-7-19-43-37(40)41)34(52)48-30(32(50)44-22-31(49)45-27)21-24-14-16-25-10-4-5-11-26(25)20-24/h1-5,8-11,14,16,20,27-30H,6-7,12-13,15,17-19,21-22H2,(H,44,50)(H,45,49)(H,46,53)(H,47,51)(H,48,52)(H4,38,39,42)(H4,40,41,43)/t27-,28-,29+,30-/m0/s1. The number of nitrogens with zero attached hydrogens (tertiary/aromatic N) is 2. The lowest BCUT2D eigenvalue weighted by Gasteiger charge is -2.26. The number of nitrogens with one attached hydrogen (secondary N) is 5. The third-order valence-electron chi connectivity index (χ3n) is 8.68. The van der Waals surface area contributed by atoms with Gasteiger partial charge in [-0.25, -0.2) is 0 Å². The van der Waals surface area contributed by atoms with Crippen molar-refractivity contribution in [3.05, 3.63) is 83.9 Å². The lowest BCUT2D eigenvalue weighted by atomic mass is 10.00. The van der Waals surface area contributed by atoms with Crippen LogP contribution in [0.25, 0.3) is 10.8 Å². The highest BCUT2D eigenvalue weighted by Gasteiger charge is 2.32. The molecule has 16 heteroatoms. The molecular weight excluding hydrogens is 678 g/mol. The topological polar surface area (TPSA) is 274 Å². The zero-order chi connectivity index (χ0) is 38.2. The number of fused-ring (bicyclic) bond motifs is 1. The number of hydrogen-bond acceptors (Lipinski definition) is 7. The molecule has 0 saturated carbocycles. The van der Waals surface area contributed by atoms with Gasteiger partial charge in [0.1, 0.15) is 24.2 Å². The number of amides is 5. The first-order valence-electron chi connectivity index (χ1n) is 17.6. The van der Waals surface area contributed by atoms with E-state index in [1.165, 1.54) is 0 Å². The molecule has 1 saturated heterocycles. The molecule has 1 aliphatic rings. The molecule has 0 radical (unpaired) electrons. The summed E-state index contributed by atoms with van der Waals surface area (Å²) in [5, 5.41) is 15.6. The van der Waals surface area contributed by atoms with Gasteiger partial charge >= 0.3 is 0 Å².